The molecule has 0 radical (unpaired) electrons. The van der Waals surface area contributed by atoms with Gasteiger partial charge in [0.15, 0.2) is 0 Å². The van der Waals surface area contributed by atoms with E-state index in [1.807, 2.05) is 24.3 Å². The maximum Gasteiger partial charge on any atom is 0.217 e. The summed E-state index contributed by atoms with van der Waals surface area (Å²) in [5.41, 5.74) is 7.66. The van der Waals surface area contributed by atoms with Crippen molar-refractivity contribution in [2.75, 3.05) is 13.1 Å². The number of nitrogens with one attached hydrogen (secondary N) is 1. The lowest BCUT2D eigenvalue weighted by Crippen LogP contribution is -2.19. The first-order valence-corrected chi connectivity index (χ1v) is 5.25. The van der Waals surface area contributed by atoms with Crippen molar-refractivity contribution in [3.8, 4) is 11.8 Å². The Morgan fingerprint density at radius 1 is 1.44 bits per heavy atom. The van der Waals surface area contributed by atoms with Gasteiger partial charge in [0.25, 0.3) is 0 Å². The van der Waals surface area contributed by atoms with Crippen molar-refractivity contribution in [3.05, 3.63) is 35.4 Å². The fourth-order valence-corrected chi connectivity index (χ4v) is 1.32. The van der Waals surface area contributed by atoms with E-state index in [-0.39, 0.29) is 5.91 Å². The van der Waals surface area contributed by atoms with Crippen LogP contribution < -0.4 is 11.1 Å². The van der Waals surface area contributed by atoms with Crippen LogP contribution in [0.15, 0.2) is 24.3 Å². The summed E-state index contributed by atoms with van der Waals surface area (Å²) < 4.78 is 0. The molecule has 1 aromatic rings. The maximum absolute atomic E-state index is 10.6. The highest BCUT2D eigenvalue weighted by molar-refractivity contribution is 5.73. The zero-order chi connectivity index (χ0) is 11.8. The Hall–Kier alpha value is -1.79. The molecular formula is C13H16N2O. The summed E-state index contributed by atoms with van der Waals surface area (Å²) in [5, 5.41) is 2.63. The number of rotatable bonds is 3. The summed E-state index contributed by atoms with van der Waals surface area (Å²) >= 11 is 0. The van der Waals surface area contributed by atoms with Crippen molar-refractivity contribution in [2.45, 2.75) is 13.3 Å². The third kappa shape index (κ3) is 4.16. The minimum absolute atomic E-state index is 0.0652. The predicted molar refractivity (Wildman–Crippen MR) is 64.8 cm³/mol. The molecule has 3 N–H and O–H groups in total. The zero-order valence-corrected chi connectivity index (χ0v) is 9.42. The van der Waals surface area contributed by atoms with Gasteiger partial charge in [-0.25, -0.2) is 0 Å². The van der Waals surface area contributed by atoms with Crippen LogP contribution in [0, 0.1) is 11.8 Å². The van der Waals surface area contributed by atoms with Crippen molar-refractivity contribution in [1.29, 1.82) is 0 Å². The van der Waals surface area contributed by atoms with E-state index < -0.39 is 0 Å². The normalized spacial score (nSPS) is 9.12. The summed E-state index contributed by atoms with van der Waals surface area (Å²) in [7, 11) is 0. The molecule has 1 rings (SSSR count). The van der Waals surface area contributed by atoms with E-state index in [2.05, 4.69) is 17.2 Å². The second-order valence-electron chi connectivity index (χ2n) is 3.41. The van der Waals surface area contributed by atoms with Crippen LogP contribution in [-0.2, 0) is 11.2 Å². The Morgan fingerprint density at radius 3 is 2.88 bits per heavy atom. The number of hydrogen-bond acceptors (Lipinski definition) is 2. The number of nitrogens with two attached hydrogens (primary N) is 1. The lowest BCUT2D eigenvalue weighted by atomic mass is 10.1. The van der Waals surface area contributed by atoms with E-state index in [0.717, 1.165) is 17.5 Å². The highest BCUT2D eigenvalue weighted by Crippen LogP contribution is 2.06. The van der Waals surface area contributed by atoms with E-state index in [1.54, 1.807) is 0 Å². The smallest absolute Gasteiger partial charge is 0.217 e. The Balaban J connectivity index is 2.68. The first kappa shape index (κ1) is 12.3. The fraction of sp³-hybridized carbons (Fsp3) is 0.308. The first-order chi connectivity index (χ1) is 7.74. The lowest BCUT2D eigenvalue weighted by molar-refractivity contribution is -0.118. The molecule has 0 aliphatic heterocycles. The largest absolute Gasteiger partial charge is 0.345 e. The first-order valence-electron chi connectivity index (χ1n) is 5.25. The van der Waals surface area contributed by atoms with Crippen molar-refractivity contribution in [2.24, 2.45) is 5.73 Å². The molecular weight excluding hydrogens is 200 g/mol. The van der Waals surface area contributed by atoms with Crippen molar-refractivity contribution in [3.63, 3.8) is 0 Å². The van der Waals surface area contributed by atoms with E-state index in [1.165, 1.54) is 6.92 Å². The topological polar surface area (TPSA) is 55.1 Å². The van der Waals surface area contributed by atoms with Crippen LogP contribution in [0.1, 0.15) is 18.1 Å². The fourth-order valence-electron chi connectivity index (χ4n) is 1.32. The summed E-state index contributed by atoms with van der Waals surface area (Å²) in [4.78, 5) is 10.6. The molecule has 0 unspecified atom stereocenters. The highest BCUT2D eigenvalue weighted by Gasteiger charge is 1.96. The molecule has 1 amide bonds. The number of benzene rings is 1. The Morgan fingerprint density at radius 2 is 2.19 bits per heavy atom. The summed E-state index contributed by atoms with van der Waals surface area (Å²) in [6.07, 6.45) is 0.824. The average molecular weight is 216 g/mol. The Bertz CT molecular complexity index is 415. The van der Waals surface area contributed by atoms with Crippen LogP contribution in [0.3, 0.4) is 0 Å². The van der Waals surface area contributed by atoms with E-state index >= 15 is 0 Å². The summed E-state index contributed by atoms with van der Waals surface area (Å²) in [6, 6.07) is 7.91. The Labute approximate surface area is 96.0 Å². The minimum Gasteiger partial charge on any atom is -0.345 e. The van der Waals surface area contributed by atoms with E-state index in [4.69, 9.17) is 5.73 Å². The molecule has 0 spiro atoms. The van der Waals surface area contributed by atoms with E-state index in [9.17, 15) is 4.79 Å². The molecule has 0 aromatic heterocycles. The van der Waals surface area contributed by atoms with Crippen molar-refractivity contribution in [1.82, 2.24) is 5.32 Å². The molecule has 0 fully saturated rings. The van der Waals surface area contributed by atoms with Gasteiger partial charge in [-0.15, -0.1) is 0 Å². The van der Waals surface area contributed by atoms with Gasteiger partial charge < -0.3 is 11.1 Å². The molecule has 0 saturated heterocycles. The van der Waals surface area contributed by atoms with Crippen LogP contribution in [0.25, 0.3) is 0 Å². The molecule has 0 bridgehead atoms. The number of amides is 1. The second kappa shape index (κ2) is 6.65. The van der Waals surface area contributed by atoms with E-state index in [0.29, 0.717) is 13.1 Å². The molecule has 3 heteroatoms. The van der Waals surface area contributed by atoms with Crippen LogP contribution >= 0.6 is 0 Å². The number of carbonyl (C=O) groups is 1. The zero-order valence-electron chi connectivity index (χ0n) is 9.42. The molecule has 0 heterocycles. The van der Waals surface area contributed by atoms with Gasteiger partial charge in [-0.2, -0.15) is 0 Å². The molecule has 0 aliphatic rings. The summed E-state index contributed by atoms with van der Waals surface area (Å²) in [6.45, 7) is 2.47. The predicted octanol–water partition coefficient (Wildman–Crippen LogP) is 0.675. The average Bonchev–Trinajstić information content (AvgIpc) is 2.26. The van der Waals surface area contributed by atoms with Crippen molar-refractivity contribution >= 4 is 5.91 Å². The highest BCUT2D eigenvalue weighted by atomic mass is 16.1. The van der Waals surface area contributed by atoms with Crippen molar-refractivity contribution < 1.29 is 4.79 Å². The summed E-state index contributed by atoms with van der Waals surface area (Å²) in [5.74, 6) is 5.88. The van der Waals surface area contributed by atoms with Gasteiger partial charge in [0, 0.05) is 12.5 Å². The molecule has 3 nitrogen and oxygen atoms in total. The van der Waals surface area contributed by atoms with Crippen LogP contribution in [0.2, 0.25) is 0 Å². The molecule has 0 saturated carbocycles. The monoisotopic (exact) mass is 216 g/mol. The van der Waals surface area contributed by atoms with Gasteiger partial charge in [-0.05, 0) is 24.6 Å². The second-order valence-corrected chi connectivity index (χ2v) is 3.41. The molecule has 84 valence electrons. The van der Waals surface area contributed by atoms with Gasteiger partial charge in [-0.3, -0.25) is 4.79 Å². The van der Waals surface area contributed by atoms with Crippen LogP contribution in [0.4, 0.5) is 0 Å². The molecule has 0 atom stereocenters. The van der Waals surface area contributed by atoms with Gasteiger partial charge in [0.2, 0.25) is 5.91 Å². The third-order valence-electron chi connectivity index (χ3n) is 2.08. The number of hydrogen-bond donors (Lipinski definition) is 2. The third-order valence-corrected chi connectivity index (χ3v) is 2.08. The van der Waals surface area contributed by atoms with Gasteiger partial charge >= 0.3 is 0 Å². The maximum atomic E-state index is 10.6. The minimum atomic E-state index is -0.0652. The van der Waals surface area contributed by atoms with Crippen LogP contribution in [-0.4, -0.2) is 19.0 Å². The standard InChI is InChI=1S/C13H16N2O/c1-11(16)15-10-4-7-12-5-2-3-6-13(12)8-9-14/h2-3,5-6H,8-10,14H2,1H3,(H,15,16). The van der Waals surface area contributed by atoms with Crippen LogP contribution in [0.5, 0.6) is 0 Å². The Kier molecular flexibility index (Phi) is 5.10. The molecule has 0 aliphatic carbocycles. The molecule has 16 heavy (non-hydrogen) atoms. The molecule has 1 aromatic carbocycles. The number of carbonyl (C=O) groups excluding carboxylic acids is 1. The lowest BCUT2D eigenvalue weighted by Gasteiger charge is -2.01. The SMILES string of the molecule is CC(=O)NCC#Cc1ccccc1CCN. The van der Waals surface area contributed by atoms with Gasteiger partial charge in [0.05, 0.1) is 6.54 Å². The van der Waals surface area contributed by atoms with Gasteiger partial charge in [0.1, 0.15) is 0 Å². The quantitative estimate of drug-likeness (QED) is 0.730. The van der Waals surface area contributed by atoms with Gasteiger partial charge in [-0.1, -0.05) is 30.0 Å².